The predicted octanol–water partition coefficient (Wildman–Crippen LogP) is 1.79. The van der Waals surface area contributed by atoms with Crippen molar-refractivity contribution in [2.24, 2.45) is 0 Å². The molecule has 0 radical (unpaired) electrons. The van der Waals surface area contributed by atoms with Gasteiger partial charge in [0.05, 0.1) is 12.3 Å². The van der Waals surface area contributed by atoms with Crippen molar-refractivity contribution in [3.05, 3.63) is 24.0 Å². The molecule has 0 bridgehead atoms. The summed E-state index contributed by atoms with van der Waals surface area (Å²) in [5, 5.41) is 0. The first-order chi connectivity index (χ1) is 8.91. The number of ether oxygens (including phenoxy) is 1. The molecule has 0 aliphatic heterocycles. The predicted molar refractivity (Wildman–Crippen MR) is 72.6 cm³/mol. The van der Waals surface area contributed by atoms with E-state index in [1.165, 1.54) is 23.1 Å². The number of carbonyl (C=O) groups excluding carboxylic acids is 1. The summed E-state index contributed by atoms with van der Waals surface area (Å²) in [5.41, 5.74) is 5.89. The van der Waals surface area contributed by atoms with Crippen LogP contribution in [0.3, 0.4) is 0 Å². The number of hydrogen-bond donors (Lipinski definition) is 1. The van der Waals surface area contributed by atoms with Gasteiger partial charge in [-0.25, -0.2) is 9.18 Å². The largest absolute Gasteiger partial charge is 0.491 e. The third kappa shape index (κ3) is 4.65. The number of benzene rings is 1. The van der Waals surface area contributed by atoms with Gasteiger partial charge in [-0.15, -0.1) is 0 Å². The molecule has 0 unspecified atom stereocenters. The zero-order chi connectivity index (χ0) is 14.4. The fraction of sp³-hybridized carbons (Fsp3) is 0.462. The van der Waals surface area contributed by atoms with Gasteiger partial charge in [0, 0.05) is 33.8 Å². The molecule has 5 nitrogen and oxygen atoms in total. The smallest absolute Gasteiger partial charge is 0.319 e. The highest BCUT2D eigenvalue weighted by molar-refractivity contribution is 5.73. The van der Waals surface area contributed by atoms with Gasteiger partial charge in [0.15, 0.2) is 0 Å². The minimum Gasteiger partial charge on any atom is -0.491 e. The van der Waals surface area contributed by atoms with E-state index in [4.69, 9.17) is 10.5 Å². The van der Waals surface area contributed by atoms with Gasteiger partial charge in [0.2, 0.25) is 0 Å². The second kappa shape index (κ2) is 6.82. The first-order valence-electron chi connectivity index (χ1n) is 6.02. The first kappa shape index (κ1) is 15.1. The third-order valence-electron chi connectivity index (χ3n) is 2.58. The van der Waals surface area contributed by atoms with Gasteiger partial charge in [0.25, 0.3) is 0 Å². The average Bonchev–Trinajstić information content (AvgIpc) is 2.35. The third-order valence-corrected chi connectivity index (χ3v) is 2.58. The van der Waals surface area contributed by atoms with Gasteiger partial charge in [-0.3, -0.25) is 0 Å². The summed E-state index contributed by atoms with van der Waals surface area (Å²) in [5.74, 6) is 0.0733. The van der Waals surface area contributed by atoms with E-state index >= 15 is 0 Å². The molecule has 106 valence electrons. The SMILES string of the molecule is CN(C)C(=O)N(C)CCCOc1ccc(F)cc1N. The van der Waals surface area contributed by atoms with Gasteiger partial charge in [-0.05, 0) is 18.6 Å². The number of carbonyl (C=O) groups is 1. The zero-order valence-electron chi connectivity index (χ0n) is 11.5. The molecule has 1 aromatic carbocycles. The molecule has 0 atom stereocenters. The Morgan fingerprint density at radius 1 is 1.37 bits per heavy atom. The topological polar surface area (TPSA) is 58.8 Å². The Hall–Kier alpha value is -1.98. The van der Waals surface area contributed by atoms with Crippen LogP contribution in [-0.2, 0) is 0 Å². The van der Waals surface area contributed by atoms with Crippen LogP contribution >= 0.6 is 0 Å². The van der Waals surface area contributed by atoms with Crippen molar-refractivity contribution in [2.45, 2.75) is 6.42 Å². The van der Waals surface area contributed by atoms with Gasteiger partial charge in [0.1, 0.15) is 11.6 Å². The van der Waals surface area contributed by atoms with Gasteiger partial charge in [-0.1, -0.05) is 0 Å². The molecule has 6 heteroatoms. The Morgan fingerprint density at radius 2 is 2.05 bits per heavy atom. The molecule has 2 N–H and O–H groups in total. The molecule has 0 saturated heterocycles. The summed E-state index contributed by atoms with van der Waals surface area (Å²) < 4.78 is 18.3. The maximum absolute atomic E-state index is 12.8. The standard InChI is InChI=1S/C13H20FN3O2/c1-16(2)13(18)17(3)7-4-8-19-12-6-5-10(14)9-11(12)15/h5-6,9H,4,7-8,15H2,1-3H3. The lowest BCUT2D eigenvalue weighted by atomic mass is 10.3. The molecule has 0 heterocycles. The molecule has 0 spiro atoms. The van der Waals surface area contributed by atoms with Crippen LogP contribution in [0.15, 0.2) is 18.2 Å². The fourth-order valence-corrected chi connectivity index (χ4v) is 1.57. The van der Waals surface area contributed by atoms with Crippen molar-refractivity contribution in [1.82, 2.24) is 9.80 Å². The lowest BCUT2D eigenvalue weighted by Crippen LogP contribution is -2.37. The van der Waals surface area contributed by atoms with Crippen LogP contribution in [0.5, 0.6) is 5.75 Å². The molecule has 0 saturated carbocycles. The first-order valence-corrected chi connectivity index (χ1v) is 6.02. The van der Waals surface area contributed by atoms with Crippen LogP contribution in [0.2, 0.25) is 0 Å². The van der Waals surface area contributed by atoms with Crippen LogP contribution in [0.25, 0.3) is 0 Å². The highest BCUT2D eigenvalue weighted by Gasteiger charge is 2.09. The van der Waals surface area contributed by atoms with E-state index in [0.29, 0.717) is 25.3 Å². The quantitative estimate of drug-likeness (QED) is 0.655. The van der Waals surface area contributed by atoms with E-state index in [9.17, 15) is 9.18 Å². The summed E-state index contributed by atoms with van der Waals surface area (Å²) in [6.45, 7) is 0.999. The molecule has 0 aliphatic carbocycles. The number of amides is 2. The summed E-state index contributed by atoms with van der Waals surface area (Å²) in [7, 11) is 5.14. The number of anilines is 1. The summed E-state index contributed by atoms with van der Waals surface area (Å²) in [6.07, 6.45) is 0.674. The van der Waals surface area contributed by atoms with Crippen molar-refractivity contribution in [3.63, 3.8) is 0 Å². The molecule has 0 aliphatic rings. The van der Waals surface area contributed by atoms with Crippen molar-refractivity contribution in [3.8, 4) is 5.75 Å². The molecular weight excluding hydrogens is 249 g/mol. The maximum Gasteiger partial charge on any atom is 0.319 e. The number of urea groups is 1. The Morgan fingerprint density at radius 3 is 2.63 bits per heavy atom. The summed E-state index contributed by atoms with van der Waals surface area (Å²) in [4.78, 5) is 14.7. The number of nitrogens with two attached hydrogens (primary N) is 1. The molecule has 19 heavy (non-hydrogen) atoms. The second-order valence-corrected chi connectivity index (χ2v) is 4.48. The summed E-state index contributed by atoms with van der Waals surface area (Å²) in [6, 6.07) is 3.96. The normalized spacial score (nSPS) is 10.1. The average molecular weight is 269 g/mol. The van der Waals surface area contributed by atoms with Gasteiger partial charge in [-0.2, -0.15) is 0 Å². The molecule has 1 rings (SSSR count). The van der Waals surface area contributed by atoms with Crippen molar-refractivity contribution >= 4 is 11.7 Å². The number of halogens is 1. The Bertz CT molecular complexity index is 438. The number of rotatable bonds is 5. The lowest BCUT2D eigenvalue weighted by molar-refractivity contribution is 0.178. The van der Waals surface area contributed by atoms with E-state index in [1.807, 2.05) is 0 Å². The highest BCUT2D eigenvalue weighted by Crippen LogP contribution is 2.21. The van der Waals surface area contributed by atoms with E-state index < -0.39 is 0 Å². The monoisotopic (exact) mass is 269 g/mol. The van der Waals surface area contributed by atoms with Crippen LogP contribution in [-0.4, -0.2) is 50.1 Å². The summed E-state index contributed by atoms with van der Waals surface area (Å²) >= 11 is 0. The molecule has 1 aromatic rings. The van der Waals surface area contributed by atoms with E-state index in [-0.39, 0.29) is 17.5 Å². The molecule has 0 fully saturated rings. The molecule has 0 aromatic heterocycles. The van der Waals surface area contributed by atoms with Crippen molar-refractivity contribution in [1.29, 1.82) is 0 Å². The minimum atomic E-state index is -0.388. The maximum atomic E-state index is 12.8. The Labute approximate surface area is 112 Å². The van der Waals surface area contributed by atoms with Gasteiger partial charge >= 0.3 is 6.03 Å². The minimum absolute atomic E-state index is 0.0544. The van der Waals surface area contributed by atoms with E-state index in [2.05, 4.69) is 0 Å². The van der Waals surface area contributed by atoms with Gasteiger partial charge < -0.3 is 20.3 Å². The van der Waals surface area contributed by atoms with Crippen molar-refractivity contribution < 1.29 is 13.9 Å². The molecular formula is C13H20FN3O2. The number of nitrogen functional groups attached to an aromatic ring is 1. The van der Waals surface area contributed by atoms with Crippen LogP contribution in [0, 0.1) is 5.82 Å². The van der Waals surface area contributed by atoms with Crippen LogP contribution in [0.4, 0.5) is 14.9 Å². The fourth-order valence-electron chi connectivity index (χ4n) is 1.57. The van der Waals surface area contributed by atoms with Crippen molar-refractivity contribution in [2.75, 3.05) is 40.0 Å². The Balaban J connectivity index is 2.33. The van der Waals surface area contributed by atoms with E-state index in [0.717, 1.165) is 0 Å². The number of hydrogen-bond acceptors (Lipinski definition) is 3. The second-order valence-electron chi connectivity index (χ2n) is 4.48. The molecule has 2 amide bonds. The highest BCUT2D eigenvalue weighted by atomic mass is 19.1. The van der Waals surface area contributed by atoms with Crippen LogP contribution < -0.4 is 10.5 Å². The zero-order valence-corrected chi connectivity index (χ0v) is 11.5. The lowest BCUT2D eigenvalue weighted by Gasteiger charge is -2.21. The van der Waals surface area contributed by atoms with E-state index in [1.54, 1.807) is 26.0 Å². The van der Waals surface area contributed by atoms with Crippen LogP contribution in [0.1, 0.15) is 6.42 Å². The Kier molecular flexibility index (Phi) is 5.41. The number of nitrogens with zero attached hydrogens (tertiary/aromatic N) is 2.